The first-order valence-electron chi connectivity index (χ1n) is 2.46. The third-order valence-corrected chi connectivity index (χ3v) is 0.665. The third kappa shape index (κ3) is 7.71. The summed E-state index contributed by atoms with van der Waals surface area (Å²) in [5.74, 6) is 0. The van der Waals surface area contributed by atoms with E-state index < -0.39 is 12.6 Å². The molecule has 0 amide bonds. The molecule has 1 N–H and O–H groups in total. The zero-order chi connectivity index (χ0) is 7.33. The van der Waals surface area contributed by atoms with Crippen molar-refractivity contribution in [3.05, 3.63) is 5.43 Å². The molecule has 0 bridgehead atoms. The van der Waals surface area contributed by atoms with E-state index in [1.165, 1.54) is 7.05 Å². The van der Waals surface area contributed by atoms with Gasteiger partial charge in [0.25, 0.3) is 0 Å². The standard InChI is InChI=1S/C4H8F3N2/c1-8-9-3-2-4(5,6)7/h8H,2-3H2,1H3/q-1. The van der Waals surface area contributed by atoms with Crippen LogP contribution < -0.4 is 5.43 Å². The van der Waals surface area contributed by atoms with Gasteiger partial charge >= 0.3 is 6.18 Å². The Labute approximate surface area is 51.4 Å². The average Bonchev–Trinajstić information content (AvgIpc) is 1.63. The van der Waals surface area contributed by atoms with Crippen molar-refractivity contribution in [1.82, 2.24) is 5.43 Å². The maximum absolute atomic E-state index is 11.3. The molecule has 0 aliphatic rings. The maximum Gasteiger partial charge on any atom is 0.387 e. The average molecular weight is 141 g/mol. The molecular weight excluding hydrogens is 133 g/mol. The largest absolute Gasteiger partial charge is 0.597 e. The van der Waals surface area contributed by atoms with Crippen LogP contribution in [-0.4, -0.2) is 19.8 Å². The van der Waals surface area contributed by atoms with Crippen LogP contribution in [0.4, 0.5) is 13.2 Å². The summed E-state index contributed by atoms with van der Waals surface area (Å²) in [6.45, 7) is -0.208. The van der Waals surface area contributed by atoms with E-state index in [0.717, 1.165) is 0 Å². The summed E-state index contributed by atoms with van der Waals surface area (Å²) in [6.07, 6.45) is -4.94. The molecule has 0 heterocycles. The van der Waals surface area contributed by atoms with Crippen molar-refractivity contribution in [2.45, 2.75) is 12.6 Å². The predicted molar refractivity (Wildman–Crippen MR) is 28.0 cm³/mol. The lowest BCUT2D eigenvalue weighted by atomic mass is 10.4. The van der Waals surface area contributed by atoms with Gasteiger partial charge in [0.2, 0.25) is 0 Å². The predicted octanol–water partition coefficient (Wildman–Crippen LogP) is 1.45. The second-order valence-electron chi connectivity index (χ2n) is 1.47. The highest BCUT2D eigenvalue weighted by atomic mass is 19.4. The second-order valence-corrected chi connectivity index (χ2v) is 1.47. The third-order valence-electron chi connectivity index (χ3n) is 0.665. The Balaban J connectivity index is 3.07. The lowest BCUT2D eigenvalue weighted by molar-refractivity contribution is -0.131. The Morgan fingerprint density at radius 1 is 1.44 bits per heavy atom. The summed E-state index contributed by atoms with van der Waals surface area (Å²) in [4.78, 5) is 0. The number of alkyl halides is 3. The van der Waals surface area contributed by atoms with Crippen molar-refractivity contribution < 1.29 is 13.2 Å². The summed E-state index contributed by atoms with van der Waals surface area (Å²) in [5, 5.41) is 0. The van der Waals surface area contributed by atoms with E-state index in [2.05, 4.69) is 10.9 Å². The molecule has 0 rings (SSSR count). The Morgan fingerprint density at radius 2 is 2.00 bits per heavy atom. The lowest BCUT2D eigenvalue weighted by Crippen LogP contribution is -2.12. The van der Waals surface area contributed by atoms with Crippen LogP contribution >= 0.6 is 0 Å². The lowest BCUT2D eigenvalue weighted by Gasteiger charge is -2.17. The van der Waals surface area contributed by atoms with Gasteiger partial charge < -0.3 is 10.9 Å². The molecule has 0 fully saturated rings. The van der Waals surface area contributed by atoms with E-state index in [9.17, 15) is 13.2 Å². The molecule has 0 aliphatic heterocycles. The van der Waals surface area contributed by atoms with E-state index in [1.54, 1.807) is 0 Å². The zero-order valence-corrected chi connectivity index (χ0v) is 5.00. The number of hydrogen-bond acceptors (Lipinski definition) is 1. The topological polar surface area (TPSA) is 26.1 Å². The molecule has 0 saturated carbocycles. The first kappa shape index (κ1) is 8.71. The van der Waals surface area contributed by atoms with Crippen LogP contribution in [0.15, 0.2) is 0 Å². The highest BCUT2D eigenvalue weighted by molar-refractivity contribution is 4.70. The molecular formula is C4H8F3N2-. The van der Waals surface area contributed by atoms with Crippen LogP contribution in [0.25, 0.3) is 5.43 Å². The second kappa shape index (κ2) is 3.68. The highest BCUT2D eigenvalue weighted by Gasteiger charge is 2.23. The van der Waals surface area contributed by atoms with Crippen LogP contribution in [0.3, 0.4) is 0 Å². The molecule has 0 radical (unpaired) electrons. The minimum absolute atomic E-state index is 0.208. The van der Waals surface area contributed by atoms with Crippen molar-refractivity contribution >= 4 is 0 Å². The van der Waals surface area contributed by atoms with Gasteiger partial charge in [0.15, 0.2) is 0 Å². The summed E-state index contributed by atoms with van der Waals surface area (Å²) in [5.41, 5.74) is 5.55. The fourth-order valence-electron chi connectivity index (χ4n) is 0.294. The Morgan fingerprint density at radius 3 is 2.33 bits per heavy atom. The van der Waals surface area contributed by atoms with Crippen LogP contribution in [0, 0.1) is 0 Å². The molecule has 0 spiro atoms. The Hall–Kier alpha value is -0.290. The van der Waals surface area contributed by atoms with Gasteiger partial charge in [-0.25, -0.2) is 0 Å². The van der Waals surface area contributed by atoms with Gasteiger partial charge in [0.05, 0.1) is 0 Å². The Kier molecular flexibility index (Phi) is 3.56. The van der Waals surface area contributed by atoms with Gasteiger partial charge in [-0.15, -0.1) is 6.54 Å². The molecule has 0 aromatic heterocycles. The molecule has 0 aliphatic carbocycles. The van der Waals surface area contributed by atoms with Crippen molar-refractivity contribution in [2.24, 2.45) is 0 Å². The molecule has 0 aromatic rings. The van der Waals surface area contributed by atoms with Crippen LogP contribution in [0.1, 0.15) is 6.42 Å². The van der Waals surface area contributed by atoms with Gasteiger partial charge in [-0.2, -0.15) is 13.2 Å². The molecule has 9 heavy (non-hydrogen) atoms. The molecule has 5 heteroatoms. The van der Waals surface area contributed by atoms with Crippen molar-refractivity contribution in [3.8, 4) is 0 Å². The smallest absolute Gasteiger partial charge is 0.387 e. The first-order chi connectivity index (χ1) is 4.06. The van der Waals surface area contributed by atoms with E-state index in [4.69, 9.17) is 0 Å². The van der Waals surface area contributed by atoms with E-state index in [1.807, 2.05) is 0 Å². The normalized spacial score (nSPS) is 12.0. The van der Waals surface area contributed by atoms with Crippen LogP contribution in [0.2, 0.25) is 0 Å². The number of nitrogens with one attached hydrogen (secondary N) is 1. The van der Waals surface area contributed by atoms with Gasteiger partial charge in [-0.3, -0.25) is 0 Å². The van der Waals surface area contributed by atoms with Gasteiger partial charge in [-0.1, -0.05) is 0 Å². The Bertz CT molecular complexity index is 70.7. The fourth-order valence-corrected chi connectivity index (χ4v) is 0.294. The van der Waals surface area contributed by atoms with E-state index in [-0.39, 0.29) is 6.54 Å². The van der Waals surface area contributed by atoms with E-state index in [0.29, 0.717) is 0 Å². The molecule has 0 unspecified atom stereocenters. The molecule has 0 aromatic carbocycles. The zero-order valence-electron chi connectivity index (χ0n) is 5.00. The number of hydrogen-bond donors (Lipinski definition) is 1. The molecule has 2 nitrogen and oxygen atoms in total. The minimum atomic E-state index is -4.08. The van der Waals surface area contributed by atoms with Crippen LogP contribution in [-0.2, 0) is 0 Å². The summed E-state index contributed by atoms with van der Waals surface area (Å²) in [7, 11) is 1.47. The van der Waals surface area contributed by atoms with Crippen LogP contribution in [0.5, 0.6) is 0 Å². The number of halogens is 3. The minimum Gasteiger partial charge on any atom is -0.597 e. The van der Waals surface area contributed by atoms with Gasteiger partial charge in [0.1, 0.15) is 0 Å². The molecule has 0 saturated heterocycles. The van der Waals surface area contributed by atoms with Gasteiger partial charge in [-0.05, 0) is 7.05 Å². The SMILES string of the molecule is CN[N-]CCC(F)(F)F. The fraction of sp³-hybridized carbons (Fsp3) is 1.00. The first-order valence-corrected chi connectivity index (χ1v) is 2.46. The number of rotatable bonds is 3. The van der Waals surface area contributed by atoms with Crippen molar-refractivity contribution in [3.63, 3.8) is 0 Å². The maximum atomic E-state index is 11.3. The number of nitrogens with zero attached hydrogens (tertiary/aromatic N) is 1. The quantitative estimate of drug-likeness (QED) is 0.467. The monoisotopic (exact) mass is 141 g/mol. The highest BCUT2D eigenvalue weighted by Crippen LogP contribution is 2.19. The van der Waals surface area contributed by atoms with Crippen molar-refractivity contribution in [1.29, 1.82) is 0 Å². The summed E-state index contributed by atoms with van der Waals surface area (Å²) < 4.78 is 33.9. The van der Waals surface area contributed by atoms with E-state index >= 15 is 0 Å². The van der Waals surface area contributed by atoms with Crippen molar-refractivity contribution in [2.75, 3.05) is 13.6 Å². The summed E-state index contributed by atoms with van der Waals surface area (Å²) in [6, 6.07) is 0. The summed E-state index contributed by atoms with van der Waals surface area (Å²) >= 11 is 0. The molecule has 56 valence electrons. The van der Waals surface area contributed by atoms with Gasteiger partial charge in [0, 0.05) is 6.42 Å². The molecule has 0 atom stereocenters.